The van der Waals surface area contributed by atoms with E-state index >= 15 is 0 Å². The standard InChI is InChI=1S/C18H29BN4O11S/c1-22(12-5-11(12)20)35(31,32)23-8-10(18(21,9-23)15(28)29)3-2-4-19-33-16(30)17(34-19,6-13(24)25)7-14(26)27/h10-12H,2-9,20-21H2,1H3,(H,24,25)(H,26,27)(H,28,29)/t10-,11?,12?,18-/m0/s1. The van der Waals surface area contributed by atoms with E-state index in [2.05, 4.69) is 0 Å². The molecule has 1 aliphatic carbocycles. The fourth-order valence-corrected chi connectivity index (χ4v) is 6.30. The van der Waals surface area contributed by atoms with Gasteiger partial charge in [-0.15, -0.1) is 0 Å². The molecule has 3 aliphatic rings. The molecule has 2 saturated heterocycles. The molecule has 7 N–H and O–H groups in total. The summed E-state index contributed by atoms with van der Waals surface area (Å²) in [4.78, 5) is 46.4. The van der Waals surface area contributed by atoms with Gasteiger partial charge in [0.1, 0.15) is 5.54 Å². The minimum absolute atomic E-state index is 0.00249. The normalized spacial score (nSPS) is 30.5. The first-order chi connectivity index (χ1) is 16.1. The van der Waals surface area contributed by atoms with Crippen LogP contribution in [-0.2, 0) is 38.7 Å². The molecule has 0 aromatic rings. The number of nitrogens with two attached hydrogens (primary N) is 2. The first-order valence-electron chi connectivity index (χ1n) is 11.0. The van der Waals surface area contributed by atoms with E-state index in [0.29, 0.717) is 6.42 Å². The molecule has 196 valence electrons. The van der Waals surface area contributed by atoms with Crippen LogP contribution in [0.15, 0.2) is 0 Å². The topological polar surface area (TPSA) is 240 Å². The number of aliphatic carboxylic acids is 3. The van der Waals surface area contributed by atoms with Gasteiger partial charge in [0.25, 0.3) is 10.2 Å². The number of hydrogen-bond acceptors (Lipinski definition) is 10. The van der Waals surface area contributed by atoms with Crippen molar-refractivity contribution >= 4 is 41.2 Å². The maximum Gasteiger partial charge on any atom is 0.528 e. The van der Waals surface area contributed by atoms with Gasteiger partial charge < -0.3 is 36.1 Å². The molecule has 3 fully saturated rings. The summed E-state index contributed by atoms with van der Waals surface area (Å²) in [5.41, 5.74) is 7.85. The Labute approximate surface area is 201 Å². The second-order valence-corrected chi connectivity index (χ2v) is 11.3. The molecule has 0 spiro atoms. The first kappa shape index (κ1) is 27.3. The highest BCUT2D eigenvalue weighted by atomic mass is 32.2. The Morgan fingerprint density at radius 2 is 1.80 bits per heavy atom. The average molecular weight is 520 g/mol. The smallest absolute Gasteiger partial charge is 0.507 e. The number of hydrogen-bond donors (Lipinski definition) is 5. The lowest BCUT2D eigenvalue weighted by Crippen LogP contribution is -2.55. The number of rotatable bonds is 12. The number of nitrogens with zero attached hydrogens (tertiary/aromatic N) is 2. The fourth-order valence-electron chi connectivity index (χ4n) is 4.61. The SMILES string of the molecule is CN(C1CC1N)S(=O)(=O)N1C[C@H](CCCB2OC(=O)C(CC(=O)O)(CC(=O)O)O2)[C@](N)(C(=O)O)C1. The van der Waals surface area contributed by atoms with Crippen LogP contribution in [0.1, 0.15) is 32.1 Å². The summed E-state index contributed by atoms with van der Waals surface area (Å²) in [5, 5.41) is 27.8. The quantitative estimate of drug-likeness (QED) is 0.168. The van der Waals surface area contributed by atoms with Crippen LogP contribution < -0.4 is 11.5 Å². The Bertz CT molecular complexity index is 994. The zero-order valence-corrected chi connectivity index (χ0v) is 19.8. The van der Waals surface area contributed by atoms with Crippen molar-refractivity contribution in [2.24, 2.45) is 17.4 Å². The number of carboxylic acids is 3. The van der Waals surface area contributed by atoms with E-state index in [1.54, 1.807) is 0 Å². The van der Waals surface area contributed by atoms with Crippen LogP contribution in [0.5, 0.6) is 0 Å². The van der Waals surface area contributed by atoms with Crippen molar-refractivity contribution in [1.29, 1.82) is 0 Å². The Hall–Kier alpha value is -2.31. The Morgan fingerprint density at radius 1 is 1.23 bits per heavy atom. The highest BCUT2D eigenvalue weighted by Crippen LogP contribution is 2.37. The van der Waals surface area contributed by atoms with Crippen LogP contribution in [0, 0.1) is 5.92 Å². The largest absolute Gasteiger partial charge is 0.528 e. The third kappa shape index (κ3) is 5.44. The van der Waals surface area contributed by atoms with Crippen LogP contribution in [-0.4, -0.2) is 107 Å². The molecule has 1 saturated carbocycles. The minimum Gasteiger partial charge on any atom is -0.507 e. The summed E-state index contributed by atoms with van der Waals surface area (Å²) in [5.74, 6) is -6.14. The number of carbonyl (C=O) groups is 4. The predicted octanol–water partition coefficient (Wildman–Crippen LogP) is -2.49. The van der Waals surface area contributed by atoms with E-state index in [1.165, 1.54) is 7.05 Å². The lowest BCUT2D eigenvalue weighted by Gasteiger charge is -2.26. The van der Waals surface area contributed by atoms with Gasteiger partial charge in [-0.2, -0.15) is 17.0 Å². The van der Waals surface area contributed by atoms with Crippen molar-refractivity contribution in [2.75, 3.05) is 20.1 Å². The molecule has 35 heavy (non-hydrogen) atoms. The van der Waals surface area contributed by atoms with E-state index in [-0.39, 0.29) is 37.8 Å². The highest BCUT2D eigenvalue weighted by Gasteiger charge is 2.57. The van der Waals surface area contributed by atoms with E-state index in [4.69, 9.17) is 31.0 Å². The monoisotopic (exact) mass is 520 g/mol. The molecule has 17 heteroatoms. The molecule has 0 aromatic heterocycles. The van der Waals surface area contributed by atoms with E-state index < -0.39 is 77.6 Å². The maximum atomic E-state index is 13.0. The Kier molecular flexibility index (Phi) is 7.51. The molecule has 2 unspecified atom stereocenters. The third-order valence-electron chi connectivity index (χ3n) is 6.78. The summed E-state index contributed by atoms with van der Waals surface area (Å²) in [6.45, 7) is -0.582. The van der Waals surface area contributed by atoms with Crippen LogP contribution in [0.4, 0.5) is 0 Å². The molecule has 3 rings (SSSR count). The lowest BCUT2D eigenvalue weighted by molar-refractivity contribution is -0.157. The molecule has 15 nitrogen and oxygen atoms in total. The summed E-state index contributed by atoms with van der Waals surface area (Å²) >= 11 is 0. The molecule has 2 aliphatic heterocycles. The molecule has 0 radical (unpaired) electrons. The molecule has 0 bridgehead atoms. The molecular weight excluding hydrogens is 491 g/mol. The maximum absolute atomic E-state index is 13.0. The Balaban J connectivity index is 1.64. The van der Waals surface area contributed by atoms with E-state index in [1.807, 2.05) is 0 Å². The van der Waals surface area contributed by atoms with Gasteiger partial charge in [0, 0.05) is 38.1 Å². The zero-order chi connectivity index (χ0) is 26.3. The van der Waals surface area contributed by atoms with Gasteiger partial charge in [0.15, 0.2) is 5.60 Å². The van der Waals surface area contributed by atoms with Gasteiger partial charge in [-0.25, -0.2) is 0 Å². The zero-order valence-electron chi connectivity index (χ0n) is 19.0. The second kappa shape index (κ2) is 9.63. The average Bonchev–Trinajstić information content (AvgIpc) is 3.23. The van der Waals surface area contributed by atoms with Crippen LogP contribution in [0.2, 0.25) is 6.32 Å². The summed E-state index contributed by atoms with van der Waals surface area (Å²) in [6.07, 6.45) is -0.972. The van der Waals surface area contributed by atoms with Gasteiger partial charge in [-0.05, 0) is 19.2 Å². The third-order valence-corrected chi connectivity index (χ3v) is 8.71. The molecule has 4 atom stereocenters. The number of carboxylic acid groups (broad SMARTS) is 3. The van der Waals surface area contributed by atoms with Crippen molar-refractivity contribution < 1.29 is 52.2 Å². The first-order valence-corrected chi connectivity index (χ1v) is 12.4. The van der Waals surface area contributed by atoms with Gasteiger partial charge in [-0.1, -0.05) is 6.42 Å². The number of likely N-dealkylation sites (N-methyl/N-ethyl adjacent to an activating group) is 1. The highest BCUT2D eigenvalue weighted by molar-refractivity contribution is 7.86. The van der Waals surface area contributed by atoms with Crippen molar-refractivity contribution in [2.45, 2.75) is 61.6 Å². The summed E-state index contributed by atoms with van der Waals surface area (Å²) in [7, 11) is -3.85. The van der Waals surface area contributed by atoms with Crippen molar-refractivity contribution in [3.8, 4) is 0 Å². The molecule has 0 aromatic carbocycles. The van der Waals surface area contributed by atoms with E-state index in [9.17, 15) is 32.7 Å². The van der Waals surface area contributed by atoms with Crippen LogP contribution in [0.25, 0.3) is 0 Å². The van der Waals surface area contributed by atoms with Gasteiger partial charge in [0.2, 0.25) is 0 Å². The van der Waals surface area contributed by atoms with Gasteiger partial charge >= 0.3 is 31.0 Å². The summed E-state index contributed by atoms with van der Waals surface area (Å²) in [6, 6.07) is -0.638. The molecular formula is C18H29BN4O11S. The molecule has 0 amide bonds. The summed E-state index contributed by atoms with van der Waals surface area (Å²) < 4.78 is 38.5. The fraction of sp³-hybridized carbons (Fsp3) is 0.778. The van der Waals surface area contributed by atoms with Crippen LogP contribution in [0.3, 0.4) is 0 Å². The lowest BCUT2D eigenvalue weighted by atomic mass is 9.78. The number of carbonyl (C=O) groups excluding carboxylic acids is 1. The van der Waals surface area contributed by atoms with E-state index in [0.717, 1.165) is 8.61 Å². The van der Waals surface area contributed by atoms with Gasteiger partial charge in [-0.3, -0.25) is 19.2 Å². The van der Waals surface area contributed by atoms with Crippen molar-refractivity contribution in [3.63, 3.8) is 0 Å². The van der Waals surface area contributed by atoms with Crippen molar-refractivity contribution in [3.05, 3.63) is 0 Å². The van der Waals surface area contributed by atoms with Crippen LogP contribution >= 0.6 is 0 Å². The van der Waals surface area contributed by atoms with Crippen molar-refractivity contribution in [1.82, 2.24) is 8.61 Å². The minimum atomic E-state index is -3.99. The Morgan fingerprint density at radius 3 is 2.29 bits per heavy atom. The molecule has 2 heterocycles. The second-order valence-electron chi connectivity index (χ2n) is 9.34. The van der Waals surface area contributed by atoms with Gasteiger partial charge in [0.05, 0.1) is 12.8 Å². The predicted molar refractivity (Wildman–Crippen MR) is 117 cm³/mol.